The summed E-state index contributed by atoms with van der Waals surface area (Å²) in [5.41, 5.74) is 0.0352. The van der Waals surface area contributed by atoms with Gasteiger partial charge in [0.25, 0.3) is 5.91 Å². The lowest BCUT2D eigenvalue weighted by Crippen LogP contribution is -2.20. The number of ether oxygens (including phenoxy) is 1. The molecule has 0 radical (unpaired) electrons. The Kier molecular flexibility index (Phi) is 8.66. The van der Waals surface area contributed by atoms with E-state index in [1.807, 2.05) is 0 Å². The summed E-state index contributed by atoms with van der Waals surface area (Å²) in [5.74, 6) is -1.09. The molecule has 1 atom stereocenters. The number of aliphatic hydroxyl groups excluding tert-OH is 1. The number of nitrogens with one attached hydrogen (secondary N) is 1. The van der Waals surface area contributed by atoms with E-state index in [1.54, 1.807) is 0 Å². The fraction of sp³-hybridized carbons (Fsp3) is 0.207. The lowest BCUT2D eigenvalue weighted by molar-refractivity contribution is -0.137. The van der Waals surface area contributed by atoms with Crippen molar-refractivity contribution in [1.29, 1.82) is 0 Å². The highest BCUT2D eigenvalue weighted by Gasteiger charge is 2.35. The normalized spacial score (nSPS) is 12.8. The highest BCUT2D eigenvalue weighted by Crippen LogP contribution is 2.39. The summed E-state index contributed by atoms with van der Waals surface area (Å²) in [4.78, 5) is 13.3. The minimum Gasteiger partial charge on any atom is -0.366 e. The molecule has 12 heteroatoms. The van der Waals surface area contributed by atoms with Crippen LogP contribution in [0.1, 0.15) is 27.0 Å². The molecule has 1 amide bonds. The molecule has 0 aliphatic carbocycles. The van der Waals surface area contributed by atoms with Gasteiger partial charge in [-0.25, -0.2) is 12.8 Å². The van der Waals surface area contributed by atoms with Gasteiger partial charge in [-0.3, -0.25) is 4.79 Å². The molecule has 0 saturated heterocycles. The Morgan fingerprint density at radius 1 is 1.02 bits per heavy atom. The van der Waals surface area contributed by atoms with Crippen LogP contribution in [0.15, 0.2) is 83.9 Å². The van der Waals surface area contributed by atoms with Gasteiger partial charge in [-0.15, -0.1) is 0 Å². The Balaban J connectivity index is 1.67. The first-order chi connectivity index (χ1) is 19.2. The number of alkyl halides is 3. The monoisotopic (exact) mass is 590 g/mol. The summed E-state index contributed by atoms with van der Waals surface area (Å²) in [6.45, 7) is 1.08. The number of aromatic nitrogens is 1. The van der Waals surface area contributed by atoms with Crippen LogP contribution in [0.2, 0.25) is 0 Å². The zero-order chi connectivity index (χ0) is 29.9. The van der Waals surface area contributed by atoms with Crippen LogP contribution in [0, 0.1) is 12.7 Å². The molecular formula is C29H26F4N2O5S. The van der Waals surface area contributed by atoms with Gasteiger partial charge in [0, 0.05) is 23.7 Å². The second-order valence-electron chi connectivity index (χ2n) is 9.35. The maximum Gasteiger partial charge on any atom is 0.417 e. The number of halogens is 4. The number of rotatable bonds is 9. The quantitative estimate of drug-likeness (QED) is 0.189. The lowest BCUT2D eigenvalue weighted by atomic mass is 10.00. The van der Waals surface area contributed by atoms with Gasteiger partial charge in [0.1, 0.15) is 5.82 Å². The third-order valence-electron chi connectivity index (χ3n) is 6.31. The van der Waals surface area contributed by atoms with E-state index in [-0.39, 0.29) is 46.1 Å². The molecule has 0 fully saturated rings. The third-order valence-corrected chi connectivity index (χ3v) is 7.44. The summed E-state index contributed by atoms with van der Waals surface area (Å²) in [5, 5.41) is 13.2. The molecular weight excluding hydrogens is 564 g/mol. The maximum atomic E-state index is 13.9. The Morgan fingerprint density at radius 3 is 2.27 bits per heavy atom. The average molecular weight is 591 g/mol. The Morgan fingerprint density at radius 2 is 1.66 bits per heavy atom. The van der Waals surface area contributed by atoms with E-state index in [2.05, 4.69) is 5.32 Å². The molecule has 1 heterocycles. The molecule has 1 aromatic heterocycles. The number of carbonyl (C=O) groups excluding carboxylic acids is 1. The van der Waals surface area contributed by atoms with Crippen molar-refractivity contribution in [3.8, 4) is 11.3 Å². The molecule has 0 unspecified atom stereocenters. The van der Waals surface area contributed by atoms with Gasteiger partial charge in [0.05, 0.1) is 34.9 Å². The van der Waals surface area contributed by atoms with E-state index in [1.165, 1.54) is 84.4 Å². The van der Waals surface area contributed by atoms with Crippen molar-refractivity contribution in [2.75, 3.05) is 11.6 Å². The van der Waals surface area contributed by atoms with E-state index >= 15 is 0 Å². The van der Waals surface area contributed by atoms with Gasteiger partial charge in [0.15, 0.2) is 16.1 Å². The number of hydrogen-bond donors (Lipinski definition) is 2. The average Bonchev–Trinajstić information content (AvgIpc) is 3.23. The van der Waals surface area contributed by atoms with Crippen LogP contribution < -0.4 is 5.32 Å². The van der Waals surface area contributed by atoms with Crippen LogP contribution in [0.3, 0.4) is 0 Å². The lowest BCUT2D eigenvalue weighted by Gasteiger charge is -2.18. The molecule has 3 aromatic carbocycles. The first kappa shape index (κ1) is 30.0. The van der Waals surface area contributed by atoms with Crippen LogP contribution in [0.25, 0.3) is 11.3 Å². The molecule has 0 aliphatic rings. The highest BCUT2D eigenvalue weighted by atomic mass is 32.2. The molecule has 216 valence electrons. The van der Waals surface area contributed by atoms with E-state index in [0.29, 0.717) is 5.56 Å². The number of anilines is 1. The molecule has 41 heavy (non-hydrogen) atoms. The minimum atomic E-state index is -4.69. The maximum absolute atomic E-state index is 13.9. The number of hydrogen-bond acceptors (Lipinski definition) is 5. The van der Waals surface area contributed by atoms with Gasteiger partial charge >= 0.3 is 6.18 Å². The molecule has 4 aromatic rings. The van der Waals surface area contributed by atoms with Gasteiger partial charge in [-0.2, -0.15) is 13.2 Å². The van der Waals surface area contributed by atoms with Gasteiger partial charge < -0.3 is 19.7 Å². The molecule has 2 N–H and O–H groups in total. The van der Waals surface area contributed by atoms with Crippen molar-refractivity contribution in [1.82, 2.24) is 4.57 Å². The Bertz CT molecular complexity index is 1650. The van der Waals surface area contributed by atoms with Crippen LogP contribution in [0.5, 0.6) is 0 Å². The first-order valence-electron chi connectivity index (χ1n) is 12.3. The van der Waals surface area contributed by atoms with Crippen LogP contribution >= 0.6 is 0 Å². The van der Waals surface area contributed by atoms with Crippen molar-refractivity contribution in [2.24, 2.45) is 0 Å². The molecule has 0 saturated carbocycles. The second-order valence-corrected chi connectivity index (χ2v) is 11.4. The van der Waals surface area contributed by atoms with Crippen molar-refractivity contribution < 1.29 is 40.6 Å². The number of benzene rings is 3. The van der Waals surface area contributed by atoms with E-state index in [4.69, 9.17) is 4.74 Å². The van der Waals surface area contributed by atoms with Crippen LogP contribution in [0.4, 0.5) is 23.2 Å². The zero-order valence-electron chi connectivity index (χ0n) is 21.9. The number of sulfone groups is 1. The largest absolute Gasteiger partial charge is 0.417 e. The fourth-order valence-corrected chi connectivity index (χ4v) is 4.94. The number of carbonyl (C=O) groups is 1. The number of aliphatic hydroxyl groups is 1. The number of amides is 1. The summed E-state index contributed by atoms with van der Waals surface area (Å²) in [6.07, 6.45) is -3.81. The molecule has 4 rings (SSSR count). The van der Waals surface area contributed by atoms with Crippen molar-refractivity contribution >= 4 is 21.4 Å². The highest BCUT2D eigenvalue weighted by molar-refractivity contribution is 7.90. The predicted octanol–water partition coefficient (Wildman–Crippen LogP) is 5.81. The smallest absolute Gasteiger partial charge is 0.366 e. The van der Waals surface area contributed by atoms with E-state index in [0.717, 1.165) is 12.3 Å². The topological polar surface area (TPSA) is 97.6 Å². The standard InChI is InChI=1S/C29H26F4N2O5S/c1-18-24(28(37)34-21-11-13-22(14-12-21)41(2,38)39)15-35(16-26(36)40-17-19-7-9-20(30)10-8-19)27(18)23-5-3-4-6-25(23)29(31,32)33/h3-15,26,36H,16-17H2,1-2H3,(H,34,37)/t26-/m0/s1. The van der Waals surface area contributed by atoms with E-state index in [9.17, 15) is 35.9 Å². The molecule has 0 aliphatic heterocycles. The van der Waals surface area contributed by atoms with Gasteiger partial charge in [-0.1, -0.05) is 30.3 Å². The van der Waals surface area contributed by atoms with Gasteiger partial charge in [-0.05, 0) is 60.5 Å². The predicted molar refractivity (Wildman–Crippen MR) is 144 cm³/mol. The minimum absolute atomic E-state index is 0.0369. The third kappa shape index (κ3) is 7.20. The van der Waals surface area contributed by atoms with Crippen molar-refractivity contribution in [2.45, 2.75) is 37.4 Å². The van der Waals surface area contributed by atoms with Crippen LogP contribution in [-0.4, -0.2) is 36.5 Å². The Labute approximate surface area is 233 Å². The molecule has 0 bridgehead atoms. The van der Waals surface area contributed by atoms with Crippen LogP contribution in [-0.2, 0) is 33.9 Å². The summed E-state index contributed by atoms with van der Waals surface area (Å²) in [7, 11) is -3.45. The summed E-state index contributed by atoms with van der Waals surface area (Å²) < 4.78 is 85.2. The van der Waals surface area contributed by atoms with Crippen molar-refractivity contribution in [3.63, 3.8) is 0 Å². The summed E-state index contributed by atoms with van der Waals surface area (Å²) in [6, 6.07) is 15.7. The van der Waals surface area contributed by atoms with Crippen molar-refractivity contribution in [3.05, 3.63) is 107 Å². The molecule has 0 spiro atoms. The molecule has 7 nitrogen and oxygen atoms in total. The summed E-state index contributed by atoms with van der Waals surface area (Å²) >= 11 is 0. The number of nitrogens with zero attached hydrogens (tertiary/aromatic N) is 1. The Hall–Kier alpha value is -4.00. The van der Waals surface area contributed by atoms with E-state index < -0.39 is 39.6 Å². The zero-order valence-corrected chi connectivity index (χ0v) is 22.8. The SMILES string of the molecule is Cc1c(C(=O)Nc2ccc(S(C)(=O)=O)cc2)cn(C[C@@H](O)OCc2ccc(F)cc2)c1-c1ccccc1C(F)(F)F. The first-order valence-corrected chi connectivity index (χ1v) is 14.1. The van der Waals surface area contributed by atoms with Gasteiger partial charge in [0.2, 0.25) is 0 Å². The second kappa shape index (κ2) is 11.9. The fourth-order valence-electron chi connectivity index (χ4n) is 4.30.